The van der Waals surface area contributed by atoms with Crippen molar-refractivity contribution >= 4 is 0 Å². The minimum absolute atomic E-state index is 0. The number of nitrogens with one attached hydrogen (secondary N) is 1. The van der Waals surface area contributed by atoms with E-state index in [1.54, 1.807) is 6.20 Å². The number of aromatic amines is 1. The minimum atomic E-state index is -0.635. The van der Waals surface area contributed by atoms with Crippen LogP contribution >= 0.6 is 0 Å². The molecule has 2 N–H and O–H groups in total. The van der Waals surface area contributed by atoms with Gasteiger partial charge in [-0.3, -0.25) is 0 Å². The topological polar surface area (TPSA) is 48.9 Å². The molecule has 0 aliphatic carbocycles. The van der Waals surface area contributed by atoms with Crippen molar-refractivity contribution in [3.8, 4) is 0 Å². The molecule has 0 amide bonds. The molecule has 1 aromatic heterocycles. The smallest absolute Gasteiger partial charge is 0.102 e. The van der Waals surface area contributed by atoms with Gasteiger partial charge in [-0.25, -0.2) is 17.1 Å². The van der Waals surface area contributed by atoms with Crippen LogP contribution in [0.5, 0.6) is 0 Å². The summed E-state index contributed by atoms with van der Waals surface area (Å²) >= 11 is 0. The first-order valence-electron chi connectivity index (χ1n) is 5.85. The molecular formula is C15H16FeN2O-6. The molecule has 0 aliphatic heterocycles. The summed E-state index contributed by atoms with van der Waals surface area (Å²) in [7, 11) is 0. The number of hydrogen-bond acceptors (Lipinski definition) is 2. The molecule has 3 aromatic rings. The third kappa shape index (κ3) is 4.52. The number of imidazole rings is 1. The summed E-state index contributed by atoms with van der Waals surface area (Å²) in [6.07, 6.45) is 1.07. The third-order valence-electron chi connectivity index (χ3n) is 2.54. The van der Waals surface area contributed by atoms with Gasteiger partial charge in [-0.05, 0) is 13.0 Å². The molecule has 3 nitrogen and oxygen atoms in total. The van der Waals surface area contributed by atoms with Crippen LogP contribution < -0.4 is 0 Å². The van der Waals surface area contributed by atoms with E-state index in [-0.39, 0.29) is 17.1 Å². The predicted octanol–water partition coefficient (Wildman–Crippen LogP) is 2.92. The fraction of sp³-hybridized carbons (Fsp3) is 0.133. The van der Waals surface area contributed by atoms with Crippen LogP contribution in [0, 0.1) is 6.92 Å². The molecule has 1 unspecified atom stereocenters. The van der Waals surface area contributed by atoms with E-state index in [0.717, 1.165) is 11.3 Å². The summed E-state index contributed by atoms with van der Waals surface area (Å²) in [5, 5.41) is 9.80. The molecule has 3 rings (SSSR count). The van der Waals surface area contributed by atoms with Gasteiger partial charge >= 0.3 is 0 Å². The number of aryl methyl sites for hydroxylation is 1. The zero-order valence-corrected chi connectivity index (χ0v) is 11.7. The molecule has 4 heteroatoms. The van der Waals surface area contributed by atoms with Crippen molar-refractivity contribution in [2.75, 3.05) is 0 Å². The Kier molecular flexibility index (Phi) is 6.30. The maximum Gasteiger partial charge on any atom is 0.102 e. The molecule has 1 heterocycles. The molecule has 0 bridgehead atoms. The predicted molar refractivity (Wildman–Crippen MR) is 71.5 cm³/mol. The Morgan fingerprint density at radius 3 is 2.32 bits per heavy atom. The van der Waals surface area contributed by atoms with Crippen LogP contribution in [0.2, 0.25) is 0 Å². The van der Waals surface area contributed by atoms with E-state index in [4.69, 9.17) is 0 Å². The number of aromatic nitrogens is 2. The molecule has 106 valence electrons. The fourth-order valence-electron chi connectivity index (χ4n) is 1.62. The van der Waals surface area contributed by atoms with Crippen molar-refractivity contribution in [2.24, 2.45) is 0 Å². The van der Waals surface area contributed by atoms with Gasteiger partial charge in [-0.2, -0.15) is 18.2 Å². The van der Waals surface area contributed by atoms with Crippen LogP contribution in [0.3, 0.4) is 0 Å². The second kappa shape index (κ2) is 7.74. The summed E-state index contributed by atoms with van der Waals surface area (Å²) in [6.45, 7) is 1.91. The molecule has 0 saturated heterocycles. The summed E-state index contributed by atoms with van der Waals surface area (Å²) in [4.78, 5) is 7.07. The number of hydrogen-bond donors (Lipinski definition) is 2. The molecule has 0 radical (unpaired) electrons. The largest absolute Gasteiger partial charge is 0.747 e. The summed E-state index contributed by atoms with van der Waals surface area (Å²) < 4.78 is 0. The first kappa shape index (κ1) is 15.4. The molecule has 0 spiro atoms. The van der Waals surface area contributed by atoms with Crippen LogP contribution in [0.15, 0.2) is 60.8 Å². The second-order valence-corrected chi connectivity index (χ2v) is 4.03. The van der Waals surface area contributed by atoms with Gasteiger partial charge in [-0.15, -0.1) is 0 Å². The van der Waals surface area contributed by atoms with E-state index < -0.39 is 6.10 Å². The average molecular weight is 296 g/mol. The van der Waals surface area contributed by atoms with Gasteiger partial charge in [0.2, 0.25) is 0 Å². The van der Waals surface area contributed by atoms with Gasteiger partial charge in [0.25, 0.3) is 0 Å². The van der Waals surface area contributed by atoms with Crippen molar-refractivity contribution in [1.82, 2.24) is 9.97 Å². The molecule has 1 atom stereocenters. The Bertz CT molecular complexity index is 523. The number of aliphatic hydroxyl groups excluding tert-OH is 1. The standard InChI is InChI=1S/C10H11N2O.C5H5.Fe/c1-7-6-11-10(12-7)9(13)8-4-2-3-5-8;1-2-4-5-3-1;/h2-6,9,13H,1H3,(H,11,12);1-5H;/q-5;-1;. The molecule has 0 aliphatic rings. The van der Waals surface area contributed by atoms with E-state index in [1.165, 1.54) is 0 Å². The second-order valence-electron chi connectivity index (χ2n) is 4.03. The van der Waals surface area contributed by atoms with Crippen molar-refractivity contribution < 1.29 is 22.2 Å². The van der Waals surface area contributed by atoms with Crippen LogP contribution in [0.4, 0.5) is 0 Å². The Labute approximate surface area is 123 Å². The summed E-state index contributed by atoms with van der Waals surface area (Å²) in [5.74, 6) is 0.601. The van der Waals surface area contributed by atoms with Crippen molar-refractivity contribution in [3.63, 3.8) is 0 Å². The van der Waals surface area contributed by atoms with Crippen LogP contribution in [-0.4, -0.2) is 15.1 Å². The van der Waals surface area contributed by atoms with Gasteiger partial charge in [0.15, 0.2) is 0 Å². The van der Waals surface area contributed by atoms with Gasteiger partial charge in [0.1, 0.15) is 5.82 Å². The van der Waals surface area contributed by atoms with Crippen LogP contribution in [-0.2, 0) is 17.1 Å². The van der Waals surface area contributed by atoms with Gasteiger partial charge < -0.3 is 39.9 Å². The average Bonchev–Trinajstić information content (AvgIpc) is 3.13. The van der Waals surface area contributed by atoms with E-state index in [0.29, 0.717) is 5.82 Å². The molecule has 0 saturated carbocycles. The Hall–Kier alpha value is -1.61. The molecule has 0 fully saturated rings. The number of rotatable bonds is 2. The van der Waals surface area contributed by atoms with E-state index in [2.05, 4.69) is 9.97 Å². The number of aliphatic hydroxyl groups is 1. The fourth-order valence-corrected chi connectivity index (χ4v) is 1.62. The van der Waals surface area contributed by atoms with Gasteiger partial charge in [0, 0.05) is 29.0 Å². The number of nitrogens with zero attached hydrogens (tertiary/aromatic N) is 1. The maximum atomic E-state index is 9.80. The van der Waals surface area contributed by atoms with E-state index >= 15 is 0 Å². The molecule has 2 aromatic carbocycles. The quantitative estimate of drug-likeness (QED) is 0.564. The zero-order valence-electron chi connectivity index (χ0n) is 10.6. The SMILES string of the molecule is Cc1cnc(C(O)[c-]2[cH-][cH-][cH-][cH-]2)[nH]1.[Fe].c1cc[cH-]c1. The third-order valence-corrected chi connectivity index (χ3v) is 2.54. The molecular weight excluding hydrogens is 280 g/mol. The summed E-state index contributed by atoms with van der Waals surface area (Å²) in [5.41, 5.74) is 1.83. The summed E-state index contributed by atoms with van der Waals surface area (Å²) in [6, 6.07) is 17.5. The Morgan fingerprint density at radius 1 is 1.26 bits per heavy atom. The van der Waals surface area contributed by atoms with Gasteiger partial charge in [-0.1, -0.05) is 0 Å². The minimum Gasteiger partial charge on any atom is -0.747 e. The van der Waals surface area contributed by atoms with E-state index in [9.17, 15) is 5.11 Å². The van der Waals surface area contributed by atoms with Crippen molar-refractivity contribution in [1.29, 1.82) is 0 Å². The van der Waals surface area contributed by atoms with Crippen molar-refractivity contribution in [2.45, 2.75) is 13.0 Å². The Balaban J connectivity index is 0.000000256. The van der Waals surface area contributed by atoms with E-state index in [1.807, 2.05) is 61.5 Å². The van der Waals surface area contributed by atoms with Gasteiger partial charge in [0.05, 0.1) is 0 Å². The normalized spacial score (nSPS) is 11.1. The first-order chi connectivity index (χ1) is 8.77. The Morgan fingerprint density at radius 2 is 1.89 bits per heavy atom. The van der Waals surface area contributed by atoms with Crippen LogP contribution in [0.25, 0.3) is 0 Å². The van der Waals surface area contributed by atoms with Crippen LogP contribution in [0.1, 0.15) is 23.2 Å². The monoisotopic (exact) mass is 296 g/mol. The first-order valence-corrected chi connectivity index (χ1v) is 5.85. The molecule has 19 heavy (non-hydrogen) atoms. The zero-order chi connectivity index (χ0) is 12.8. The number of H-pyrrole nitrogens is 1. The van der Waals surface area contributed by atoms with Crippen molar-refractivity contribution in [3.05, 3.63) is 77.9 Å². The maximum absolute atomic E-state index is 9.80.